The van der Waals surface area contributed by atoms with E-state index in [0.717, 1.165) is 36.2 Å². The van der Waals surface area contributed by atoms with E-state index in [1.54, 1.807) is 0 Å². The third-order valence-corrected chi connectivity index (χ3v) is 6.40. The molecule has 2 aliphatic rings. The monoisotopic (exact) mass is 434 g/mol. The Morgan fingerprint density at radius 2 is 1.00 bits per heavy atom. The van der Waals surface area contributed by atoms with Gasteiger partial charge in [0, 0.05) is 22.6 Å². The number of nitrogens with one attached hydrogen (secondary N) is 2. The van der Waals surface area contributed by atoms with Crippen LogP contribution in [0.15, 0.2) is 0 Å². The lowest BCUT2D eigenvalue weighted by molar-refractivity contribution is 0.0470. The molecule has 0 aromatic carbocycles. The Kier molecular flexibility index (Phi) is 9.80. The first kappa shape index (κ1) is 25.3. The number of rotatable bonds is 4. The van der Waals surface area contributed by atoms with Crippen molar-refractivity contribution in [1.29, 1.82) is 0 Å². The summed E-state index contributed by atoms with van der Waals surface area (Å²) in [4.78, 5) is 22.6. The standard InChI is InChI=1S/2C10H19NO2S/c2*1-10(2,3)13-9(12)11-7-5-8(6-7)14-4/h2*7-8H,5-6H2,1-4H3,(H,11,12). The predicted molar refractivity (Wildman–Crippen MR) is 119 cm³/mol. The highest BCUT2D eigenvalue weighted by atomic mass is 32.2. The van der Waals surface area contributed by atoms with Gasteiger partial charge >= 0.3 is 12.2 Å². The largest absolute Gasteiger partial charge is 0.444 e. The zero-order valence-electron chi connectivity index (χ0n) is 18.6. The van der Waals surface area contributed by atoms with Crippen molar-refractivity contribution in [2.45, 2.75) is 101 Å². The van der Waals surface area contributed by atoms with Crippen molar-refractivity contribution in [3.05, 3.63) is 0 Å². The van der Waals surface area contributed by atoms with Gasteiger partial charge < -0.3 is 20.1 Å². The average Bonchev–Trinajstić information content (AvgIpc) is 2.42. The first-order valence-corrected chi connectivity index (χ1v) is 12.4. The van der Waals surface area contributed by atoms with E-state index in [4.69, 9.17) is 9.47 Å². The molecule has 0 radical (unpaired) electrons. The number of carbonyl (C=O) groups is 2. The average molecular weight is 435 g/mol. The predicted octanol–water partition coefficient (Wildman–Crippen LogP) is 4.81. The molecule has 2 N–H and O–H groups in total. The molecule has 0 aromatic heterocycles. The Labute approximate surface area is 179 Å². The number of thioether (sulfide) groups is 2. The minimum atomic E-state index is -0.396. The van der Waals surface area contributed by atoms with Gasteiger partial charge in [0.25, 0.3) is 0 Å². The summed E-state index contributed by atoms with van der Waals surface area (Å²) in [6, 6.07) is 0.643. The summed E-state index contributed by atoms with van der Waals surface area (Å²) >= 11 is 3.73. The van der Waals surface area contributed by atoms with E-state index in [1.165, 1.54) is 0 Å². The third-order valence-electron chi connectivity index (χ3n) is 4.30. The molecule has 0 unspecified atom stereocenters. The van der Waals surface area contributed by atoms with Gasteiger partial charge in [-0.2, -0.15) is 23.5 Å². The maximum atomic E-state index is 11.3. The van der Waals surface area contributed by atoms with Gasteiger partial charge in [-0.1, -0.05) is 0 Å². The van der Waals surface area contributed by atoms with Gasteiger partial charge in [0.2, 0.25) is 0 Å². The quantitative estimate of drug-likeness (QED) is 0.661. The van der Waals surface area contributed by atoms with Crippen LogP contribution in [0.25, 0.3) is 0 Å². The SMILES string of the molecule is CSC1CC(NC(=O)OC(C)(C)C)C1.CSC1CC(NC(=O)OC(C)(C)C)C1. The van der Waals surface area contributed by atoms with E-state index in [1.807, 2.05) is 65.1 Å². The van der Waals surface area contributed by atoms with Crippen LogP contribution in [0.1, 0.15) is 67.2 Å². The highest BCUT2D eigenvalue weighted by molar-refractivity contribution is 7.99. The van der Waals surface area contributed by atoms with Crippen LogP contribution in [0.3, 0.4) is 0 Å². The van der Waals surface area contributed by atoms with Crippen LogP contribution in [-0.2, 0) is 9.47 Å². The molecule has 164 valence electrons. The van der Waals surface area contributed by atoms with Crippen LogP contribution in [0.5, 0.6) is 0 Å². The molecule has 2 saturated carbocycles. The second kappa shape index (κ2) is 10.9. The summed E-state index contributed by atoms with van der Waals surface area (Å²) in [5, 5.41) is 7.16. The molecule has 0 saturated heterocycles. The molecular formula is C20H38N2O4S2. The Morgan fingerprint density at radius 3 is 1.21 bits per heavy atom. The molecular weight excluding hydrogens is 396 g/mol. The Morgan fingerprint density at radius 1 is 0.714 bits per heavy atom. The molecule has 28 heavy (non-hydrogen) atoms. The second-order valence-corrected chi connectivity index (χ2v) is 11.6. The van der Waals surface area contributed by atoms with Crippen LogP contribution in [0.4, 0.5) is 9.59 Å². The van der Waals surface area contributed by atoms with Gasteiger partial charge in [-0.05, 0) is 79.7 Å². The number of hydrogen-bond donors (Lipinski definition) is 2. The molecule has 2 amide bonds. The summed E-state index contributed by atoms with van der Waals surface area (Å²) in [5.74, 6) is 0. The van der Waals surface area contributed by atoms with Crippen LogP contribution in [0, 0.1) is 0 Å². The van der Waals surface area contributed by atoms with E-state index in [-0.39, 0.29) is 12.2 Å². The molecule has 0 heterocycles. The van der Waals surface area contributed by atoms with Crippen molar-refractivity contribution in [1.82, 2.24) is 10.6 Å². The van der Waals surface area contributed by atoms with E-state index < -0.39 is 11.2 Å². The van der Waals surface area contributed by atoms with Crippen molar-refractivity contribution in [2.24, 2.45) is 0 Å². The molecule has 0 aromatic rings. The number of amides is 2. The van der Waals surface area contributed by atoms with Gasteiger partial charge in [-0.3, -0.25) is 0 Å². The minimum absolute atomic E-state index is 0.290. The number of ether oxygens (including phenoxy) is 2. The fraction of sp³-hybridized carbons (Fsp3) is 0.900. The van der Waals surface area contributed by atoms with Gasteiger partial charge in [0.05, 0.1) is 0 Å². The zero-order chi connectivity index (χ0) is 21.5. The number of hydrogen-bond acceptors (Lipinski definition) is 6. The van der Waals surface area contributed by atoms with Crippen molar-refractivity contribution < 1.29 is 19.1 Å². The summed E-state index contributed by atoms with van der Waals surface area (Å²) in [7, 11) is 0. The molecule has 0 aliphatic heterocycles. The molecule has 2 aliphatic carbocycles. The zero-order valence-corrected chi connectivity index (χ0v) is 20.2. The van der Waals surface area contributed by atoms with Crippen molar-refractivity contribution in [3.63, 3.8) is 0 Å². The molecule has 2 fully saturated rings. The van der Waals surface area contributed by atoms with E-state index in [9.17, 15) is 9.59 Å². The third kappa shape index (κ3) is 10.7. The first-order chi connectivity index (χ1) is 12.8. The summed E-state index contributed by atoms with van der Waals surface area (Å²) in [6.45, 7) is 11.2. The van der Waals surface area contributed by atoms with Crippen molar-refractivity contribution in [3.8, 4) is 0 Å². The summed E-state index contributed by atoms with van der Waals surface area (Å²) < 4.78 is 10.3. The molecule has 0 bridgehead atoms. The van der Waals surface area contributed by atoms with Gasteiger partial charge in [-0.15, -0.1) is 0 Å². The molecule has 2 rings (SSSR count). The van der Waals surface area contributed by atoms with Crippen molar-refractivity contribution >= 4 is 35.7 Å². The second-order valence-electron chi connectivity index (χ2n) is 9.34. The number of carbonyl (C=O) groups excluding carboxylic acids is 2. The van der Waals surface area contributed by atoms with Gasteiger partial charge in [0.15, 0.2) is 0 Å². The van der Waals surface area contributed by atoms with E-state index >= 15 is 0 Å². The molecule has 6 nitrogen and oxygen atoms in total. The lowest BCUT2D eigenvalue weighted by atomic mass is 9.92. The van der Waals surface area contributed by atoms with E-state index in [0.29, 0.717) is 12.1 Å². The highest BCUT2D eigenvalue weighted by Gasteiger charge is 2.31. The van der Waals surface area contributed by atoms with Crippen LogP contribution in [0.2, 0.25) is 0 Å². The van der Waals surface area contributed by atoms with Gasteiger partial charge in [0.1, 0.15) is 11.2 Å². The topological polar surface area (TPSA) is 76.7 Å². The lowest BCUT2D eigenvalue weighted by Gasteiger charge is -2.35. The highest BCUT2D eigenvalue weighted by Crippen LogP contribution is 2.30. The minimum Gasteiger partial charge on any atom is -0.444 e. The molecule has 0 atom stereocenters. The van der Waals surface area contributed by atoms with Crippen molar-refractivity contribution in [2.75, 3.05) is 12.5 Å². The summed E-state index contributed by atoms with van der Waals surface area (Å²) in [5.41, 5.74) is -0.792. The molecule has 0 spiro atoms. The Hall–Kier alpha value is -0.760. The summed E-state index contributed by atoms with van der Waals surface area (Å²) in [6.07, 6.45) is 7.91. The number of alkyl carbamates (subject to hydrolysis) is 2. The Bertz CT molecular complexity index is 459. The lowest BCUT2D eigenvalue weighted by Crippen LogP contribution is -2.47. The maximum absolute atomic E-state index is 11.3. The fourth-order valence-corrected chi connectivity index (χ4v) is 4.40. The van der Waals surface area contributed by atoms with Crippen LogP contribution >= 0.6 is 23.5 Å². The van der Waals surface area contributed by atoms with Gasteiger partial charge in [-0.25, -0.2) is 9.59 Å². The van der Waals surface area contributed by atoms with Crippen LogP contribution < -0.4 is 10.6 Å². The molecule has 8 heteroatoms. The van der Waals surface area contributed by atoms with Crippen LogP contribution in [-0.4, -0.2) is 58.5 Å². The first-order valence-electron chi connectivity index (χ1n) is 9.86. The fourth-order valence-electron chi connectivity index (χ4n) is 2.70. The smallest absolute Gasteiger partial charge is 0.407 e. The maximum Gasteiger partial charge on any atom is 0.407 e. The van der Waals surface area contributed by atoms with E-state index in [2.05, 4.69) is 23.1 Å². The Balaban J connectivity index is 0.000000280. The normalized spacial score (nSPS) is 26.6.